The molecule has 0 bridgehead atoms. The molecule has 2 N–H and O–H groups in total. The summed E-state index contributed by atoms with van der Waals surface area (Å²) >= 11 is 1.65. The lowest BCUT2D eigenvalue weighted by Crippen LogP contribution is -2.50. The summed E-state index contributed by atoms with van der Waals surface area (Å²) in [6.45, 7) is 6.21. The molecule has 0 aliphatic carbocycles. The highest BCUT2D eigenvalue weighted by atomic mass is 32.1. The van der Waals surface area contributed by atoms with Crippen molar-refractivity contribution in [3.63, 3.8) is 0 Å². The lowest BCUT2D eigenvalue weighted by Gasteiger charge is -2.25. The number of carbonyl (C=O) groups is 1. The van der Waals surface area contributed by atoms with Crippen molar-refractivity contribution in [2.75, 3.05) is 13.1 Å². The maximum Gasteiger partial charge on any atom is 0.225 e. The SMILES string of the molecule is Cc1nc(C)c(CNC(=O)C2CNC2)s1. The zero-order chi connectivity index (χ0) is 10.8. The van der Waals surface area contributed by atoms with Crippen molar-refractivity contribution in [2.45, 2.75) is 20.4 Å². The zero-order valence-corrected chi connectivity index (χ0v) is 9.78. The van der Waals surface area contributed by atoms with Gasteiger partial charge >= 0.3 is 0 Å². The van der Waals surface area contributed by atoms with Crippen LogP contribution in [-0.4, -0.2) is 24.0 Å². The second-order valence-corrected chi connectivity index (χ2v) is 5.10. The first-order chi connectivity index (χ1) is 7.16. The van der Waals surface area contributed by atoms with E-state index in [0.717, 1.165) is 28.7 Å². The minimum atomic E-state index is 0.152. The molecule has 1 fully saturated rings. The number of nitrogens with one attached hydrogen (secondary N) is 2. The summed E-state index contributed by atoms with van der Waals surface area (Å²) < 4.78 is 0. The molecule has 4 nitrogen and oxygen atoms in total. The normalized spacial score (nSPS) is 16.1. The molecule has 1 aromatic rings. The van der Waals surface area contributed by atoms with Gasteiger partial charge in [-0.15, -0.1) is 11.3 Å². The van der Waals surface area contributed by atoms with Gasteiger partial charge in [0.25, 0.3) is 0 Å². The molecule has 2 rings (SSSR count). The second-order valence-electron chi connectivity index (χ2n) is 3.81. The van der Waals surface area contributed by atoms with Gasteiger partial charge in [0.2, 0.25) is 5.91 Å². The average Bonchev–Trinajstić information content (AvgIpc) is 2.38. The number of carbonyl (C=O) groups excluding carboxylic acids is 1. The average molecular weight is 225 g/mol. The van der Waals surface area contributed by atoms with Gasteiger partial charge in [0.1, 0.15) is 0 Å². The molecule has 0 atom stereocenters. The first-order valence-corrected chi connectivity index (χ1v) is 5.90. The van der Waals surface area contributed by atoms with Crippen LogP contribution < -0.4 is 10.6 Å². The first-order valence-electron chi connectivity index (χ1n) is 5.08. The van der Waals surface area contributed by atoms with E-state index in [0.29, 0.717) is 6.54 Å². The number of aryl methyl sites for hydroxylation is 2. The van der Waals surface area contributed by atoms with Crippen molar-refractivity contribution in [3.8, 4) is 0 Å². The minimum Gasteiger partial charge on any atom is -0.351 e. The van der Waals surface area contributed by atoms with Crippen molar-refractivity contribution in [1.29, 1.82) is 0 Å². The highest BCUT2D eigenvalue weighted by molar-refractivity contribution is 7.11. The molecule has 1 aromatic heterocycles. The lowest BCUT2D eigenvalue weighted by atomic mass is 10.0. The van der Waals surface area contributed by atoms with Crippen LogP contribution in [0.25, 0.3) is 0 Å². The predicted molar refractivity (Wildman–Crippen MR) is 59.8 cm³/mol. The molecule has 5 heteroatoms. The number of hydrogen-bond acceptors (Lipinski definition) is 4. The molecule has 1 saturated heterocycles. The third kappa shape index (κ3) is 2.35. The maximum atomic E-state index is 11.5. The van der Waals surface area contributed by atoms with Crippen LogP contribution in [0.5, 0.6) is 0 Å². The molecular weight excluding hydrogens is 210 g/mol. The largest absolute Gasteiger partial charge is 0.351 e. The standard InChI is InChI=1S/C10H15N3OS/c1-6-9(15-7(2)13-6)5-12-10(14)8-3-11-4-8/h8,11H,3-5H2,1-2H3,(H,12,14). The molecule has 82 valence electrons. The molecule has 1 amide bonds. The molecule has 15 heavy (non-hydrogen) atoms. The third-order valence-corrected chi connectivity index (χ3v) is 3.65. The Bertz CT molecular complexity index is 371. The Morgan fingerprint density at radius 2 is 2.33 bits per heavy atom. The minimum absolute atomic E-state index is 0.152. The molecule has 0 aromatic carbocycles. The summed E-state index contributed by atoms with van der Waals surface area (Å²) in [5, 5.41) is 7.09. The molecule has 0 saturated carbocycles. The Labute approximate surface area is 93.1 Å². The molecular formula is C10H15N3OS. The van der Waals surface area contributed by atoms with Crippen molar-refractivity contribution < 1.29 is 4.79 Å². The number of thiazole rings is 1. The van der Waals surface area contributed by atoms with Crippen LogP contribution in [0, 0.1) is 19.8 Å². The number of amides is 1. The van der Waals surface area contributed by atoms with Gasteiger partial charge in [0, 0.05) is 18.0 Å². The highest BCUT2D eigenvalue weighted by Crippen LogP contribution is 2.16. The van der Waals surface area contributed by atoms with E-state index in [9.17, 15) is 4.79 Å². The lowest BCUT2D eigenvalue weighted by molar-refractivity contribution is -0.126. The number of nitrogens with zero attached hydrogens (tertiary/aromatic N) is 1. The van der Waals surface area contributed by atoms with Crippen LogP contribution in [0.4, 0.5) is 0 Å². The maximum absolute atomic E-state index is 11.5. The van der Waals surface area contributed by atoms with Crippen LogP contribution in [0.1, 0.15) is 15.6 Å². The Hall–Kier alpha value is -0.940. The fourth-order valence-electron chi connectivity index (χ4n) is 1.52. The van der Waals surface area contributed by atoms with Gasteiger partial charge in [0.05, 0.1) is 23.2 Å². The molecule has 2 heterocycles. The fourth-order valence-corrected chi connectivity index (χ4v) is 2.40. The molecule has 0 radical (unpaired) electrons. The molecule has 0 unspecified atom stereocenters. The molecule has 1 aliphatic heterocycles. The van der Waals surface area contributed by atoms with E-state index in [1.54, 1.807) is 11.3 Å². The van der Waals surface area contributed by atoms with E-state index >= 15 is 0 Å². The quantitative estimate of drug-likeness (QED) is 0.792. The van der Waals surface area contributed by atoms with E-state index in [-0.39, 0.29) is 11.8 Å². The zero-order valence-electron chi connectivity index (χ0n) is 8.96. The van der Waals surface area contributed by atoms with Crippen molar-refractivity contribution in [1.82, 2.24) is 15.6 Å². The van der Waals surface area contributed by atoms with Crippen LogP contribution in [-0.2, 0) is 11.3 Å². The summed E-state index contributed by atoms with van der Waals surface area (Å²) in [7, 11) is 0. The Morgan fingerprint density at radius 3 is 2.80 bits per heavy atom. The first kappa shape index (κ1) is 10.6. The topological polar surface area (TPSA) is 54.0 Å². The number of rotatable bonds is 3. The number of hydrogen-bond donors (Lipinski definition) is 2. The van der Waals surface area contributed by atoms with Gasteiger partial charge in [-0.2, -0.15) is 0 Å². The fraction of sp³-hybridized carbons (Fsp3) is 0.600. The van der Waals surface area contributed by atoms with E-state index in [1.165, 1.54) is 0 Å². The summed E-state index contributed by atoms with van der Waals surface area (Å²) in [4.78, 5) is 17.0. The van der Waals surface area contributed by atoms with Crippen molar-refractivity contribution >= 4 is 17.2 Å². The van der Waals surface area contributed by atoms with Crippen molar-refractivity contribution in [3.05, 3.63) is 15.6 Å². The van der Waals surface area contributed by atoms with Gasteiger partial charge < -0.3 is 10.6 Å². The Balaban J connectivity index is 1.87. The van der Waals surface area contributed by atoms with Gasteiger partial charge in [-0.25, -0.2) is 4.98 Å². The summed E-state index contributed by atoms with van der Waals surface area (Å²) in [6.07, 6.45) is 0. The van der Waals surface area contributed by atoms with Gasteiger partial charge in [-0.1, -0.05) is 0 Å². The van der Waals surface area contributed by atoms with E-state index in [1.807, 2.05) is 13.8 Å². The monoisotopic (exact) mass is 225 g/mol. The van der Waals surface area contributed by atoms with Gasteiger partial charge in [-0.05, 0) is 13.8 Å². The van der Waals surface area contributed by atoms with Crippen LogP contribution in [0.15, 0.2) is 0 Å². The van der Waals surface area contributed by atoms with Crippen molar-refractivity contribution in [2.24, 2.45) is 5.92 Å². The van der Waals surface area contributed by atoms with Crippen LogP contribution in [0.3, 0.4) is 0 Å². The van der Waals surface area contributed by atoms with E-state index in [2.05, 4.69) is 15.6 Å². The third-order valence-electron chi connectivity index (χ3n) is 2.58. The van der Waals surface area contributed by atoms with Gasteiger partial charge in [0.15, 0.2) is 0 Å². The number of aromatic nitrogens is 1. The van der Waals surface area contributed by atoms with E-state index in [4.69, 9.17) is 0 Å². The van der Waals surface area contributed by atoms with Crippen LogP contribution >= 0.6 is 11.3 Å². The highest BCUT2D eigenvalue weighted by Gasteiger charge is 2.24. The molecule has 1 aliphatic rings. The smallest absolute Gasteiger partial charge is 0.225 e. The second kappa shape index (κ2) is 4.28. The summed E-state index contributed by atoms with van der Waals surface area (Å²) in [5.74, 6) is 0.318. The molecule has 0 spiro atoms. The van der Waals surface area contributed by atoms with Gasteiger partial charge in [-0.3, -0.25) is 4.79 Å². The Morgan fingerprint density at radius 1 is 1.60 bits per heavy atom. The van der Waals surface area contributed by atoms with E-state index < -0.39 is 0 Å². The van der Waals surface area contributed by atoms with Crippen LogP contribution in [0.2, 0.25) is 0 Å². The predicted octanol–water partition coefficient (Wildman–Crippen LogP) is 0.596. The Kier molecular flexibility index (Phi) is 3.02. The summed E-state index contributed by atoms with van der Waals surface area (Å²) in [6, 6.07) is 0. The summed E-state index contributed by atoms with van der Waals surface area (Å²) in [5.41, 5.74) is 1.03.